The molecule has 0 fully saturated rings. The molecule has 1 N–H and O–H groups in total. The predicted octanol–water partition coefficient (Wildman–Crippen LogP) is 3.59. The summed E-state index contributed by atoms with van der Waals surface area (Å²) in [7, 11) is 3.02. The summed E-state index contributed by atoms with van der Waals surface area (Å²) in [5.41, 5.74) is 1.56. The van der Waals surface area contributed by atoms with Crippen molar-refractivity contribution in [3.8, 4) is 11.5 Å². The van der Waals surface area contributed by atoms with E-state index in [-0.39, 0.29) is 11.6 Å². The smallest absolute Gasteiger partial charge is 0.269 e. The average Bonchev–Trinajstić information content (AvgIpc) is 2.61. The lowest BCUT2D eigenvalue weighted by Gasteiger charge is -2.14. The fourth-order valence-corrected chi connectivity index (χ4v) is 2.35. The van der Waals surface area contributed by atoms with Crippen LogP contribution in [0.3, 0.4) is 0 Å². The molecule has 25 heavy (non-hydrogen) atoms. The summed E-state index contributed by atoms with van der Waals surface area (Å²) in [5, 5.41) is 13.4. The number of carbonyl (C=O) groups is 1. The molecule has 0 atom stereocenters. The van der Waals surface area contributed by atoms with Crippen LogP contribution in [-0.4, -0.2) is 25.1 Å². The second-order valence-electron chi connectivity index (χ2n) is 5.12. The van der Waals surface area contributed by atoms with E-state index in [0.29, 0.717) is 29.2 Å². The highest BCUT2D eigenvalue weighted by Crippen LogP contribution is 2.33. The summed E-state index contributed by atoms with van der Waals surface area (Å²) in [6.07, 6.45) is 2.22. The minimum atomic E-state index is -0.499. The van der Waals surface area contributed by atoms with Gasteiger partial charge in [-0.15, -0.1) is 6.58 Å². The van der Waals surface area contributed by atoms with E-state index in [4.69, 9.17) is 9.47 Å². The molecule has 2 aromatic rings. The lowest BCUT2D eigenvalue weighted by atomic mass is 10.0. The van der Waals surface area contributed by atoms with E-state index in [2.05, 4.69) is 11.9 Å². The maximum Gasteiger partial charge on any atom is 0.269 e. The zero-order valence-electron chi connectivity index (χ0n) is 13.9. The van der Waals surface area contributed by atoms with Gasteiger partial charge in [-0.05, 0) is 30.7 Å². The van der Waals surface area contributed by atoms with Crippen LogP contribution in [0.1, 0.15) is 15.9 Å². The molecule has 2 rings (SSSR count). The molecular weight excluding hydrogens is 324 g/mol. The van der Waals surface area contributed by atoms with Crippen LogP contribution in [-0.2, 0) is 6.42 Å². The Hall–Kier alpha value is -3.35. The number of hydrogen-bond acceptors (Lipinski definition) is 5. The summed E-state index contributed by atoms with van der Waals surface area (Å²) >= 11 is 0. The molecule has 0 saturated heterocycles. The molecule has 130 valence electrons. The maximum atomic E-state index is 12.5. The molecule has 0 aromatic heterocycles. The van der Waals surface area contributed by atoms with Gasteiger partial charge in [-0.1, -0.05) is 6.08 Å². The molecule has 0 heterocycles. The molecule has 2 aromatic carbocycles. The molecule has 0 bridgehead atoms. The van der Waals surface area contributed by atoms with E-state index in [1.807, 2.05) is 0 Å². The number of carbonyl (C=O) groups excluding carboxylic acids is 1. The average molecular weight is 342 g/mol. The number of methoxy groups -OCH3 is 2. The van der Waals surface area contributed by atoms with Gasteiger partial charge in [0.05, 0.1) is 19.1 Å². The second kappa shape index (κ2) is 7.96. The number of non-ortho nitro benzene ring substituents is 1. The Morgan fingerprint density at radius 2 is 1.92 bits per heavy atom. The lowest BCUT2D eigenvalue weighted by molar-refractivity contribution is -0.384. The first-order valence-electron chi connectivity index (χ1n) is 7.41. The number of ether oxygens (including phenoxy) is 2. The van der Waals surface area contributed by atoms with Crippen LogP contribution in [0.15, 0.2) is 49.1 Å². The van der Waals surface area contributed by atoms with Crippen molar-refractivity contribution in [3.63, 3.8) is 0 Å². The molecule has 0 aliphatic carbocycles. The van der Waals surface area contributed by atoms with Crippen molar-refractivity contribution in [2.45, 2.75) is 6.42 Å². The Morgan fingerprint density at radius 1 is 1.24 bits per heavy atom. The summed E-state index contributed by atoms with van der Waals surface area (Å²) in [4.78, 5) is 22.7. The molecule has 0 aliphatic heterocycles. The second-order valence-corrected chi connectivity index (χ2v) is 5.12. The van der Waals surface area contributed by atoms with Crippen molar-refractivity contribution < 1.29 is 19.2 Å². The summed E-state index contributed by atoms with van der Waals surface area (Å²) in [6.45, 7) is 3.70. The summed E-state index contributed by atoms with van der Waals surface area (Å²) in [5.74, 6) is 0.630. The van der Waals surface area contributed by atoms with Gasteiger partial charge in [0.2, 0.25) is 0 Å². The number of nitro benzene ring substituents is 1. The molecule has 0 radical (unpaired) electrons. The van der Waals surface area contributed by atoms with E-state index in [9.17, 15) is 14.9 Å². The number of nitrogens with zero attached hydrogens (tertiary/aromatic N) is 1. The monoisotopic (exact) mass is 342 g/mol. The van der Waals surface area contributed by atoms with Crippen LogP contribution in [0.25, 0.3) is 0 Å². The number of amides is 1. The number of hydrogen-bond donors (Lipinski definition) is 1. The minimum Gasteiger partial charge on any atom is -0.493 e. The van der Waals surface area contributed by atoms with Gasteiger partial charge in [-0.3, -0.25) is 14.9 Å². The highest BCUT2D eigenvalue weighted by molar-refractivity contribution is 6.05. The molecule has 0 aliphatic rings. The van der Waals surface area contributed by atoms with E-state index in [0.717, 1.165) is 5.56 Å². The van der Waals surface area contributed by atoms with Crippen molar-refractivity contribution in [2.24, 2.45) is 0 Å². The first kappa shape index (κ1) is 18.0. The van der Waals surface area contributed by atoms with Crippen LogP contribution < -0.4 is 14.8 Å². The van der Waals surface area contributed by atoms with Gasteiger partial charge in [-0.2, -0.15) is 0 Å². The topological polar surface area (TPSA) is 90.7 Å². The Labute approximate surface area is 145 Å². The van der Waals surface area contributed by atoms with E-state index >= 15 is 0 Å². The Balaban J connectivity index is 2.30. The van der Waals surface area contributed by atoms with Crippen LogP contribution in [0.2, 0.25) is 0 Å². The van der Waals surface area contributed by atoms with E-state index < -0.39 is 4.92 Å². The SMILES string of the molecule is C=CCc1cc(C(=O)Nc2ccc([N+](=O)[O-])cc2)cc(OC)c1OC. The largest absolute Gasteiger partial charge is 0.493 e. The molecular formula is C18H18N2O5. The van der Waals surface area contributed by atoms with Crippen LogP contribution in [0, 0.1) is 10.1 Å². The van der Waals surface area contributed by atoms with Gasteiger partial charge < -0.3 is 14.8 Å². The zero-order valence-corrected chi connectivity index (χ0v) is 13.9. The first-order chi connectivity index (χ1) is 12.0. The van der Waals surface area contributed by atoms with Crippen LogP contribution >= 0.6 is 0 Å². The Morgan fingerprint density at radius 3 is 2.44 bits per heavy atom. The van der Waals surface area contributed by atoms with Crippen LogP contribution in [0.5, 0.6) is 11.5 Å². The normalized spacial score (nSPS) is 10.0. The predicted molar refractivity (Wildman–Crippen MR) is 94.5 cm³/mol. The van der Waals surface area contributed by atoms with Crippen molar-refractivity contribution in [2.75, 3.05) is 19.5 Å². The summed E-state index contributed by atoms with van der Waals surface area (Å²) < 4.78 is 10.6. The van der Waals surface area contributed by atoms with Crippen molar-refractivity contribution in [3.05, 3.63) is 70.3 Å². The molecule has 1 amide bonds. The van der Waals surface area contributed by atoms with Gasteiger partial charge in [0.15, 0.2) is 11.5 Å². The van der Waals surface area contributed by atoms with Gasteiger partial charge in [-0.25, -0.2) is 0 Å². The van der Waals surface area contributed by atoms with Crippen molar-refractivity contribution >= 4 is 17.3 Å². The number of allylic oxidation sites excluding steroid dienone is 1. The summed E-state index contributed by atoms with van der Waals surface area (Å²) in [6, 6.07) is 8.87. The first-order valence-corrected chi connectivity index (χ1v) is 7.41. The highest BCUT2D eigenvalue weighted by Gasteiger charge is 2.16. The number of nitro groups is 1. The highest BCUT2D eigenvalue weighted by atomic mass is 16.6. The molecule has 0 spiro atoms. The quantitative estimate of drug-likeness (QED) is 0.472. The van der Waals surface area contributed by atoms with Crippen LogP contribution in [0.4, 0.5) is 11.4 Å². The van der Waals surface area contributed by atoms with Gasteiger partial charge >= 0.3 is 0 Å². The molecule has 7 heteroatoms. The molecule has 0 unspecified atom stereocenters. The number of benzene rings is 2. The number of anilines is 1. The fourth-order valence-electron chi connectivity index (χ4n) is 2.35. The third kappa shape index (κ3) is 4.14. The lowest BCUT2D eigenvalue weighted by Crippen LogP contribution is -2.13. The molecule has 7 nitrogen and oxygen atoms in total. The van der Waals surface area contributed by atoms with Crippen molar-refractivity contribution in [1.29, 1.82) is 0 Å². The molecule has 0 saturated carbocycles. The maximum absolute atomic E-state index is 12.5. The van der Waals surface area contributed by atoms with Gasteiger partial charge in [0, 0.05) is 28.9 Å². The van der Waals surface area contributed by atoms with Gasteiger partial charge in [0.1, 0.15) is 0 Å². The van der Waals surface area contributed by atoms with Gasteiger partial charge in [0.25, 0.3) is 11.6 Å². The Kier molecular flexibility index (Phi) is 5.73. The Bertz CT molecular complexity index is 800. The standard InChI is InChI=1S/C18H18N2O5/c1-4-5-12-10-13(11-16(24-2)17(12)25-3)18(21)19-14-6-8-15(9-7-14)20(22)23/h4,6-11H,1,5H2,2-3H3,(H,19,21). The number of nitrogens with one attached hydrogen (secondary N) is 1. The number of rotatable bonds is 7. The van der Waals surface area contributed by atoms with E-state index in [1.54, 1.807) is 18.2 Å². The van der Waals surface area contributed by atoms with E-state index in [1.165, 1.54) is 38.5 Å². The third-order valence-electron chi connectivity index (χ3n) is 3.52. The zero-order chi connectivity index (χ0) is 18.4. The third-order valence-corrected chi connectivity index (χ3v) is 3.52. The fraction of sp³-hybridized carbons (Fsp3) is 0.167. The van der Waals surface area contributed by atoms with Crippen molar-refractivity contribution in [1.82, 2.24) is 0 Å². The minimum absolute atomic E-state index is 0.0441.